The molecule has 0 unspecified atom stereocenters. The molecule has 5 rings (SSSR count). The van der Waals surface area contributed by atoms with Crippen LogP contribution in [0.3, 0.4) is 0 Å². The third-order valence-corrected chi connectivity index (χ3v) is 6.06. The summed E-state index contributed by atoms with van der Waals surface area (Å²) in [4.78, 5) is 16.6. The molecule has 0 atom stereocenters. The minimum absolute atomic E-state index is 0.0717. The second-order valence-corrected chi connectivity index (χ2v) is 8.58. The van der Waals surface area contributed by atoms with E-state index in [-0.39, 0.29) is 11.9 Å². The Morgan fingerprint density at radius 1 is 1.06 bits per heavy atom. The average Bonchev–Trinajstić information content (AvgIpc) is 3.30. The molecule has 0 amide bonds. The molecule has 4 aromatic rings. The normalized spacial score (nSPS) is 14.6. The zero-order valence-corrected chi connectivity index (χ0v) is 19.6. The van der Waals surface area contributed by atoms with Crippen molar-refractivity contribution in [1.29, 1.82) is 0 Å². The number of piperidine rings is 1. The summed E-state index contributed by atoms with van der Waals surface area (Å²) in [6.07, 6.45) is 7.27. The van der Waals surface area contributed by atoms with Gasteiger partial charge in [-0.2, -0.15) is 5.10 Å². The van der Waals surface area contributed by atoms with Crippen LogP contribution < -0.4 is 9.64 Å². The van der Waals surface area contributed by atoms with Crippen LogP contribution in [0.2, 0.25) is 0 Å². The number of hydrogen-bond donors (Lipinski definition) is 0. The van der Waals surface area contributed by atoms with Gasteiger partial charge in [0, 0.05) is 70.0 Å². The number of pyridine rings is 1. The summed E-state index contributed by atoms with van der Waals surface area (Å²) in [5.74, 6) is -0.476. The van der Waals surface area contributed by atoms with E-state index in [1.165, 1.54) is 12.1 Å². The van der Waals surface area contributed by atoms with Crippen LogP contribution in [-0.4, -0.2) is 57.6 Å². The molecule has 10 heteroatoms. The van der Waals surface area contributed by atoms with Crippen LogP contribution in [0, 0.1) is 11.6 Å². The van der Waals surface area contributed by atoms with Crippen LogP contribution in [0.25, 0.3) is 22.3 Å². The highest BCUT2D eigenvalue weighted by molar-refractivity contribution is 5.83. The minimum Gasteiger partial charge on any atom is -0.487 e. The molecular formula is C25H26F2N6O2. The van der Waals surface area contributed by atoms with Crippen LogP contribution in [0.4, 0.5) is 14.6 Å². The average molecular weight is 481 g/mol. The number of hydrogen-bond acceptors (Lipinski definition) is 7. The van der Waals surface area contributed by atoms with Crippen molar-refractivity contribution in [3.8, 4) is 17.0 Å². The lowest BCUT2D eigenvalue weighted by Crippen LogP contribution is -2.39. The fourth-order valence-electron chi connectivity index (χ4n) is 4.23. The third kappa shape index (κ3) is 5.07. The first-order chi connectivity index (χ1) is 17.0. The monoisotopic (exact) mass is 480 g/mol. The summed E-state index contributed by atoms with van der Waals surface area (Å²) >= 11 is 0. The largest absolute Gasteiger partial charge is 0.487 e. The summed E-state index contributed by atoms with van der Waals surface area (Å²) in [6, 6.07) is 5.33. The van der Waals surface area contributed by atoms with E-state index in [1.54, 1.807) is 24.2 Å². The molecule has 0 N–H and O–H groups in total. The van der Waals surface area contributed by atoms with E-state index in [0.717, 1.165) is 34.4 Å². The number of anilines is 1. The molecule has 35 heavy (non-hydrogen) atoms. The van der Waals surface area contributed by atoms with Gasteiger partial charge in [-0.05, 0) is 18.2 Å². The van der Waals surface area contributed by atoms with Crippen molar-refractivity contribution >= 4 is 16.9 Å². The van der Waals surface area contributed by atoms with Crippen molar-refractivity contribution in [2.45, 2.75) is 25.4 Å². The molecule has 0 saturated carbocycles. The maximum atomic E-state index is 14.0. The van der Waals surface area contributed by atoms with Crippen molar-refractivity contribution in [2.24, 2.45) is 7.05 Å². The van der Waals surface area contributed by atoms with Gasteiger partial charge in [0.05, 0.1) is 24.5 Å². The van der Waals surface area contributed by atoms with Crippen molar-refractivity contribution < 1.29 is 18.3 Å². The Hall–Kier alpha value is -3.66. The number of aryl methyl sites for hydroxylation is 1. The lowest BCUT2D eigenvalue weighted by atomic mass is 10.1. The number of methoxy groups -OCH3 is 1. The summed E-state index contributed by atoms with van der Waals surface area (Å²) in [5, 5.41) is 4.30. The fraction of sp³-hybridized carbons (Fsp3) is 0.360. The highest BCUT2D eigenvalue weighted by atomic mass is 19.1. The van der Waals surface area contributed by atoms with Gasteiger partial charge in [0.25, 0.3) is 0 Å². The number of ether oxygens (including phenoxy) is 2. The Balaban J connectivity index is 1.41. The summed E-state index contributed by atoms with van der Waals surface area (Å²) in [7, 11) is 3.52. The molecule has 8 nitrogen and oxygen atoms in total. The van der Waals surface area contributed by atoms with E-state index in [0.29, 0.717) is 44.5 Å². The van der Waals surface area contributed by atoms with Gasteiger partial charge in [0.15, 0.2) is 17.4 Å². The molecule has 1 fully saturated rings. The molecule has 1 aliphatic rings. The van der Waals surface area contributed by atoms with Crippen LogP contribution in [0.5, 0.6) is 5.75 Å². The second kappa shape index (κ2) is 9.91. The second-order valence-electron chi connectivity index (χ2n) is 8.58. The van der Waals surface area contributed by atoms with Gasteiger partial charge in [0.2, 0.25) is 0 Å². The topological polar surface area (TPSA) is 78.2 Å². The number of halogens is 2. The first-order valence-corrected chi connectivity index (χ1v) is 11.5. The van der Waals surface area contributed by atoms with Crippen LogP contribution in [0.1, 0.15) is 18.5 Å². The van der Waals surface area contributed by atoms with Gasteiger partial charge < -0.3 is 14.4 Å². The van der Waals surface area contributed by atoms with E-state index in [4.69, 9.17) is 19.4 Å². The Labute approximate surface area is 201 Å². The van der Waals surface area contributed by atoms with Gasteiger partial charge in [-0.15, -0.1) is 0 Å². The van der Waals surface area contributed by atoms with Gasteiger partial charge in [-0.3, -0.25) is 9.67 Å². The summed E-state index contributed by atoms with van der Waals surface area (Å²) in [6.45, 7) is 1.89. The number of rotatable bonds is 7. The van der Waals surface area contributed by atoms with E-state index < -0.39 is 11.6 Å². The highest BCUT2D eigenvalue weighted by Gasteiger charge is 2.26. The van der Waals surface area contributed by atoms with Crippen molar-refractivity contribution in [2.75, 3.05) is 31.7 Å². The number of aromatic nitrogens is 5. The van der Waals surface area contributed by atoms with Gasteiger partial charge >= 0.3 is 0 Å². The van der Waals surface area contributed by atoms with Crippen molar-refractivity contribution in [1.82, 2.24) is 24.7 Å². The SMILES string of the molecule is COCCc1cc2nc(N3CCC(Oc4ccc(F)cc4F)CC3)c(-c3cnn(C)c3)nc2cn1. The Bertz CT molecular complexity index is 1340. The van der Waals surface area contributed by atoms with E-state index >= 15 is 0 Å². The fourth-order valence-corrected chi connectivity index (χ4v) is 4.23. The third-order valence-electron chi connectivity index (χ3n) is 6.06. The maximum Gasteiger partial charge on any atom is 0.167 e. The Morgan fingerprint density at radius 3 is 2.60 bits per heavy atom. The molecule has 1 aromatic carbocycles. The highest BCUT2D eigenvalue weighted by Crippen LogP contribution is 2.32. The van der Waals surface area contributed by atoms with Crippen molar-refractivity contribution in [3.05, 3.63) is 60.2 Å². The lowest BCUT2D eigenvalue weighted by Gasteiger charge is -2.33. The van der Waals surface area contributed by atoms with Gasteiger partial charge in [-0.1, -0.05) is 0 Å². The van der Waals surface area contributed by atoms with E-state index in [2.05, 4.69) is 15.0 Å². The predicted octanol–water partition coefficient (Wildman–Crippen LogP) is 3.94. The number of nitrogens with zero attached hydrogens (tertiary/aromatic N) is 6. The molecule has 182 valence electrons. The Kier molecular flexibility index (Phi) is 6.54. The molecule has 0 radical (unpaired) electrons. The van der Waals surface area contributed by atoms with Gasteiger partial charge in [-0.25, -0.2) is 18.7 Å². The molecule has 1 aliphatic heterocycles. The first kappa shape index (κ1) is 23.1. The smallest absolute Gasteiger partial charge is 0.167 e. The number of benzene rings is 1. The molecule has 1 saturated heterocycles. The molecule has 0 aliphatic carbocycles. The quantitative estimate of drug-likeness (QED) is 0.397. The van der Waals surface area contributed by atoms with Crippen LogP contribution in [-0.2, 0) is 18.2 Å². The van der Waals surface area contributed by atoms with E-state index in [1.807, 2.05) is 19.3 Å². The van der Waals surface area contributed by atoms with Crippen molar-refractivity contribution in [3.63, 3.8) is 0 Å². The number of fused-ring (bicyclic) bond motifs is 1. The molecule has 0 spiro atoms. The zero-order chi connectivity index (χ0) is 24.4. The molecule has 4 heterocycles. The minimum atomic E-state index is -0.690. The van der Waals surface area contributed by atoms with Crippen LogP contribution >= 0.6 is 0 Å². The predicted molar refractivity (Wildman–Crippen MR) is 127 cm³/mol. The Morgan fingerprint density at radius 2 is 1.89 bits per heavy atom. The van der Waals surface area contributed by atoms with Gasteiger partial charge in [0.1, 0.15) is 23.1 Å². The summed E-state index contributed by atoms with van der Waals surface area (Å²) in [5.41, 5.74) is 3.97. The molecule has 3 aromatic heterocycles. The van der Waals surface area contributed by atoms with E-state index in [9.17, 15) is 8.78 Å². The molecular weight excluding hydrogens is 454 g/mol. The zero-order valence-electron chi connectivity index (χ0n) is 19.6. The maximum absolute atomic E-state index is 14.0. The first-order valence-electron chi connectivity index (χ1n) is 11.5. The summed E-state index contributed by atoms with van der Waals surface area (Å²) < 4.78 is 40.0. The standard InChI is InChI=1S/C25H26F2N6O2/c1-32-15-16(13-29-32)24-25(31-21-12-18(7-10-34-2)28-14-22(21)30-24)33-8-5-19(6-9-33)35-23-4-3-17(26)11-20(23)27/h3-4,11-15,19H,5-10H2,1-2H3. The van der Waals surface area contributed by atoms with Crippen LogP contribution in [0.15, 0.2) is 42.9 Å². The molecule has 0 bridgehead atoms. The lowest BCUT2D eigenvalue weighted by molar-refractivity contribution is 0.163.